The maximum Gasteiger partial charge on any atom is 0.257 e. The van der Waals surface area contributed by atoms with Crippen molar-refractivity contribution in [3.05, 3.63) is 34.6 Å². The van der Waals surface area contributed by atoms with Gasteiger partial charge >= 0.3 is 0 Å². The number of benzene rings is 1. The van der Waals surface area contributed by atoms with Crippen molar-refractivity contribution in [3.8, 4) is 0 Å². The Morgan fingerprint density at radius 3 is 2.81 bits per heavy atom. The summed E-state index contributed by atoms with van der Waals surface area (Å²) in [5.74, 6) is -0.902. The third-order valence-corrected chi connectivity index (χ3v) is 4.17. The molecule has 2 saturated heterocycles. The highest BCUT2D eigenvalue weighted by Crippen LogP contribution is 2.27. The smallest absolute Gasteiger partial charge is 0.257 e. The quantitative estimate of drug-likeness (QED) is 0.843. The number of ether oxygens (including phenoxy) is 2. The second kappa shape index (κ2) is 6.30. The van der Waals surface area contributed by atoms with Gasteiger partial charge in [-0.1, -0.05) is 11.6 Å². The summed E-state index contributed by atoms with van der Waals surface area (Å²) < 4.78 is 25.0. The molecule has 0 N–H and O–H groups in total. The molecule has 0 aromatic heterocycles. The molecule has 114 valence electrons. The van der Waals surface area contributed by atoms with Crippen molar-refractivity contribution in [1.82, 2.24) is 4.90 Å². The molecule has 0 aliphatic carbocycles. The molecule has 21 heavy (non-hydrogen) atoms. The van der Waals surface area contributed by atoms with E-state index >= 15 is 0 Å². The molecule has 1 aromatic carbocycles. The van der Waals surface area contributed by atoms with Gasteiger partial charge in [0.25, 0.3) is 5.91 Å². The number of hydrogen-bond acceptors (Lipinski definition) is 3. The van der Waals surface area contributed by atoms with Crippen LogP contribution in [-0.4, -0.2) is 42.9 Å². The Morgan fingerprint density at radius 1 is 1.29 bits per heavy atom. The van der Waals surface area contributed by atoms with Crippen LogP contribution in [0.25, 0.3) is 0 Å². The fraction of sp³-hybridized carbons (Fsp3) is 0.533. The van der Waals surface area contributed by atoms with E-state index in [9.17, 15) is 9.18 Å². The first kappa shape index (κ1) is 14.8. The zero-order chi connectivity index (χ0) is 14.8. The van der Waals surface area contributed by atoms with E-state index in [-0.39, 0.29) is 17.5 Å². The van der Waals surface area contributed by atoms with Gasteiger partial charge < -0.3 is 14.4 Å². The van der Waals surface area contributed by atoms with Crippen molar-refractivity contribution in [1.29, 1.82) is 0 Å². The average molecular weight is 314 g/mol. The van der Waals surface area contributed by atoms with E-state index in [2.05, 4.69) is 0 Å². The topological polar surface area (TPSA) is 38.8 Å². The summed E-state index contributed by atoms with van der Waals surface area (Å²) in [6, 6.07) is 3.87. The monoisotopic (exact) mass is 313 g/mol. The minimum Gasteiger partial charge on any atom is -0.348 e. The highest BCUT2D eigenvalue weighted by atomic mass is 35.5. The summed E-state index contributed by atoms with van der Waals surface area (Å²) in [6.07, 6.45) is 2.31. The minimum atomic E-state index is -0.554. The summed E-state index contributed by atoms with van der Waals surface area (Å²) >= 11 is 5.88. The molecule has 1 unspecified atom stereocenters. The Hall–Kier alpha value is -1.17. The number of piperidine rings is 1. The van der Waals surface area contributed by atoms with Gasteiger partial charge in [-0.2, -0.15) is 0 Å². The van der Waals surface area contributed by atoms with Gasteiger partial charge in [-0.3, -0.25) is 4.79 Å². The van der Waals surface area contributed by atoms with Crippen LogP contribution in [0.2, 0.25) is 5.02 Å². The number of halogens is 2. The van der Waals surface area contributed by atoms with Gasteiger partial charge in [-0.25, -0.2) is 4.39 Å². The molecule has 4 nitrogen and oxygen atoms in total. The minimum absolute atomic E-state index is 0.00685. The van der Waals surface area contributed by atoms with Gasteiger partial charge in [0.2, 0.25) is 0 Å². The molecule has 0 bridgehead atoms. The second-order valence-corrected chi connectivity index (χ2v) is 5.73. The summed E-state index contributed by atoms with van der Waals surface area (Å²) in [7, 11) is 0. The number of carbonyl (C=O) groups is 1. The predicted octanol–water partition coefficient (Wildman–Crippen LogP) is 2.85. The second-order valence-electron chi connectivity index (χ2n) is 5.30. The summed E-state index contributed by atoms with van der Waals surface area (Å²) in [5.41, 5.74) is 0.00685. The maximum atomic E-state index is 13.9. The Morgan fingerprint density at radius 2 is 2.05 bits per heavy atom. The highest BCUT2D eigenvalue weighted by molar-refractivity contribution is 6.31. The van der Waals surface area contributed by atoms with Crippen LogP contribution >= 0.6 is 11.6 Å². The molecule has 1 amide bonds. The molecule has 1 aromatic rings. The van der Waals surface area contributed by atoms with Crippen LogP contribution in [0.3, 0.4) is 0 Å². The SMILES string of the molecule is O=C(c1cc(Cl)ccc1F)N1CCCCC1C1OCCO1. The lowest BCUT2D eigenvalue weighted by atomic mass is 10.00. The molecule has 0 radical (unpaired) electrons. The molecule has 1 atom stereocenters. The standard InChI is InChI=1S/C15H17ClFNO3/c16-10-4-5-12(17)11(9-10)14(19)18-6-2-1-3-13(18)15-20-7-8-21-15/h4-5,9,13,15H,1-3,6-8H2. The zero-order valence-electron chi connectivity index (χ0n) is 11.6. The van der Waals surface area contributed by atoms with E-state index in [4.69, 9.17) is 21.1 Å². The molecule has 2 heterocycles. The molecule has 2 aliphatic rings. The maximum absolute atomic E-state index is 13.9. The number of amides is 1. The van der Waals surface area contributed by atoms with Crippen molar-refractivity contribution in [3.63, 3.8) is 0 Å². The van der Waals surface area contributed by atoms with Crippen LogP contribution in [0, 0.1) is 5.82 Å². The Kier molecular flexibility index (Phi) is 4.42. The molecule has 2 aliphatic heterocycles. The van der Waals surface area contributed by atoms with E-state index in [0.717, 1.165) is 19.3 Å². The average Bonchev–Trinajstić information content (AvgIpc) is 3.03. The van der Waals surface area contributed by atoms with Gasteiger partial charge in [0, 0.05) is 11.6 Å². The lowest BCUT2D eigenvalue weighted by molar-refractivity contribution is -0.100. The van der Waals surface area contributed by atoms with E-state index in [1.165, 1.54) is 18.2 Å². The van der Waals surface area contributed by atoms with Crippen molar-refractivity contribution < 1.29 is 18.7 Å². The fourth-order valence-electron chi connectivity index (χ4n) is 2.91. The fourth-order valence-corrected chi connectivity index (χ4v) is 3.08. The summed E-state index contributed by atoms with van der Waals surface area (Å²) in [4.78, 5) is 14.3. The first-order valence-electron chi connectivity index (χ1n) is 7.16. The van der Waals surface area contributed by atoms with Gasteiger partial charge in [0.1, 0.15) is 5.82 Å². The molecular weight excluding hydrogens is 297 g/mol. The normalized spacial score (nSPS) is 23.5. The van der Waals surface area contributed by atoms with Gasteiger partial charge in [0.15, 0.2) is 6.29 Å². The largest absolute Gasteiger partial charge is 0.348 e. The van der Waals surface area contributed by atoms with Crippen LogP contribution in [0.4, 0.5) is 4.39 Å². The van der Waals surface area contributed by atoms with Crippen molar-refractivity contribution >= 4 is 17.5 Å². The third kappa shape index (κ3) is 3.05. The van der Waals surface area contributed by atoms with Crippen LogP contribution in [0.1, 0.15) is 29.6 Å². The van der Waals surface area contributed by atoms with Crippen molar-refractivity contribution in [2.45, 2.75) is 31.6 Å². The van der Waals surface area contributed by atoms with Crippen LogP contribution in [0.5, 0.6) is 0 Å². The number of hydrogen-bond donors (Lipinski definition) is 0. The first-order valence-corrected chi connectivity index (χ1v) is 7.54. The van der Waals surface area contributed by atoms with Gasteiger partial charge in [0.05, 0.1) is 24.8 Å². The van der Waals surface area contributed by atoms with Crippen molar-refractivity contribution in [2.24, 2.45) is 0 Å². The van der Waals surface area contributed by atoms with Crippen LogP contribution in [0.15, 0.2) is 18.2 Å². The van der Waals surface area contributed by atoms with E-state index in [1.54, 1.807) is 4.90 Å². The van der Waals surface area contributed by atoms with E-state index in [1.807, 2.05) is 0 Å². The van der Waals surface area contributed by atoms with E-state index < -0.39 is 12.1 Å². The third-order valence-electron chi connectivity index (χ3n) is 3.93. The lowest BCUT2D eigenvalue weighted by Gasteiger charge is -2.38. The Bertz CT molecular complexity index is 534. The number of rotatable bonds is 2. The molecule has 6 heteroatoms. The molecule has 3 rings (SSSR count). The van der Waals surface area contributed by atoms with Gasteiger partial charge in [-0.15, -0.1) is 0 Å². The zero-order valence-corrected chi connectivity index (χ0v) is 12.3. The molecular formula is C15H17ClFNO3. The number of carbonyl (C=O) groups excluding carboxylic acids is 1. The molecule has 0 saturated carbocycles. The van der Waals surface area contributed by atoms with Crippen LogP contribution < -0.4 is 0 Å². The Balaban J connectivity index is 1.85. The first-order chi connectivity index (χ1) is 10.2. The van der Waals surface area contributed by atoms with E-state index in [0.29, 0.717) is 24.8 Å². The van der Waals surface area contributed by atoms with Crippen LogP contribution in [-0.2, 0) is 9.47 Å². The summed E-state index contributed by atoms with van der Waals surface area (Å²) in [6.45, 7) is 1.65. The Labute approximate surface area is 127 Å². The summed E-state index contributed by atoms with van der Waals surface area (Å²) in [5, 5.41) is 0.349. The predicted molar refractivity (Wildman–Crippen MR) is 75.8 cm³/mol. The number of likely N-dealkylation sites (tertiary alicyclic amines) is 1. The lowest BCUT2D eigenvalue weighted by Crippen LogP contribution is -2.50. The highest BCUT2D eigenvalue weighted by Gasteiger charge is 2.37. The number of nitrogens with zero attached hydrogens (tertiary/aromatic N) is 1. The van der Waals surface area contributed by atoms with Crippen molar-refractivity contribution in [2.75, 3.05) is 19.8 Å². The van der Waals surface area contributed by atoms with Gasteiger partial charge in [-0.05, 0) is 37.5 Å². The molecule has 2 fully saturated rings. The molecule has 0 spiro atoms.